The highest BCUT2D eigenvalue weighted by Gasteiger charge is 2.30. The Balaban J connectivity index is 2.48. The Morgan fingerprint density at radius 1 is 1.27 bits per heavy atom. The van der Waals surface area contributed by atoms with E-state index in [4.69, 9.17) is 23.2 Å². The molecule has 0 spiro atoms. The van der Waals surface area contributed by atoms with Crippen molar-refractivity contribution < 1.29 is 5.11 Å². The molecule has 0 saturated carbocycles. The molecule has 1 aliphatic carbocycles. The quantitative estimate of drug-likeness (QED) is 0.741. The molecule has 1 aromatic carbocycles. The second-order valence-corrected chi connectivity index (χ2v) is 4.61. The van der Waals surface area contributed by atoms with Gasteiger partial charge in [-0.25, -0.2) is 0 Å². The predicted octanol–water partition coefficient (Wildman–Crippen LogP) is 3.92. The summed E-state index contributed by atoms with van der Waals surface area (Å²) >= 11 is 12.0. The lowest BCUT2D eigenvalue weighted by Gasteiger charge is -2.29. The SMILES string of the molecule is OC1(c2cccc(Cl)c2Cl)C=CCCC1. The van der Waals surface area contributed by atoms with Crippen LogP contribution in [0.2, 0.25) is 10.0 Å². The predicted molar refractivity (Wildman–Crippen MR) is 63.3 cm³/mol. The topological polar surface area (TPSA) is 20.2 Å². The first-order valence-electron chi connectivity index (χ1n) is 4.98. The van der Waals surface area contributed by atoms with Crippen molar-refractivity contribution in [3.8, 4) is 0 Å². The molecule has 2 rings (SSSR count). The molecule has 3 heteroatoms. The molecule has 0 aromatic heterocycles. The first-order valence-corrected chi connectivity index (χ1v) is 5.74. The van der Waals surface area contributed by atoms with Gasteiger partial charge in [0, 0.05) is 5.56 Å². The van der Waals surface area contributed by atoms with Crippen LogP contribution in [0.3, 0.4) is 0 Å². The van der Waals surface area contributed by atoms with Crippen molar-refractivity contribution in [3.63, 3.8) is 0 Å². The van der Waals surface area contributed by atoms with Gasteiger partial charge >= 0.3 is 0 Å². The fourth-order valence-electron chi connectivity index (χ4n) is 1.91. The molecule has 1 nitrogen and oxygen atoms in total. The summed E-state index contributed by atoms with van der Waals surface area (Å²) in [5.41, 5.74) is -0.243. The summed E-state index contributed by atoms with van der Waals surface area (Å²) in [4.78, 5) is 0. The summed E-state index contributed by atoms with van der Waals surface area (Å²) in [5.74, 6) is 0. The maximum Gasteiger partial charge on any atom is 0.109 e. The van der Waals surface area contributed by atoms with E-state index in [9.17, 15) is 5.11 Å². The molecule has 0 amide bonds. The van der Waals surface area contributed by atoms with Crippen molar-refractivity contribution in [1.82, 2.24) is 0 Å². The first kappa shape index (κ1) is 11.0. The van der Waals surface area contributed by atoms with E-state index in [-0.39, 0.29) is 0 Å². The number of benzene rings is 1. The van der Waals surface area contributed by atoms with Gasteiger partial charge in [0.15, 0.2) is 0 Å². The van der Waals surface area contributed by atoms with Crippen molar-refractivity contribution >= 4 is 23.2 Å². The normalized spacial score (nSPS) is 25.5. The van der Waals surface area contributed by atoms with Crippen molar-refractivity contribution in [2.24, 2.45) is 0 Å². The number of allylic oxidation sites excluding steroid dienone is 1. The van der Waals surface area contributed by atoms with E-state index in [0.29, 0.717) is 22.0 Å². The van der Waals surface area contributed by atoms with Gasteiger partial charge in [0.1, 0.15) is 5.60 Å². The lowest BCUT2D eigenvalue weighted by molar-refractivity contribution is 0.0727. The molecule has 0 saturated heterocycles. The smallest absolute Gasteiger partial charge is 0.109 e. The van der Waals surface area contributed by atoms with Gasteiger partial charge in [-0.15, -0.1) is 0 Å². The van der Waals surface area contributed by atoms with Gasteiger partial charge in [0.25, 0.3) is 0 Å². The van der Waals surface area contributed by atoms with Crippen LogP contribution in [-0.4, -0.2) is 5.11 Å². The van der Waals surface area contributed by atoms with Crippen LogP contribution >= 0.6 is 23.2 Å². The van der Waals surface area contributed by atoms with E-state index in [0.717, 1.165) is 12.8 Å². The van der Waals surface area contributed by atoms with Crippen LogP contribution in [-0.2, 0) is 5.60 Å². The summed E-state index contributed by atoms with van der Waals surface area (Å²) < 4.78 is 0. The average molecular weight is 243 g/mol. The Bertz CT molecular complexity index is 401. The highest BCUT2D eigenvalue weighted by atomic mass is 35.5. The van der Waals surface area contributed by atoms with Gasteiger partial charge in [-0.05, 0) is 25.3 Å². The second-order valence-electron chi connectivity index (χ2n) is 3.82. The molecular formula is C12H12Cl2O. The third kappa shape index (κ3) is 2.05. The third-order valence-electron chi connectivity index (χ3n) is 2.74. The molecule has 80 valence electrons. The van der Waals surface area contributed by atoms with E-state index in [2.05, 4.69) is 0 Å². The van der Waals surface area contributed by atoms with Crippen LogP contribution < -0.4 is 0 Å². The molecule has 15 heavy (non-hydrogen) atoms. The molecule has 1 aromatic rings. The number of rotatable bonds is 1. The largest absolute Gasteiger partial charge is 0.381 e. The Morgan fingerprint density at radius 2 is 2.07 bits per heavy atom. The van der Waals surface area contributed by atoms with Crippen LogP contribution in [0.15, 0.2) is 30.4 Å². The number of halogens is 2. The molecule has 0 fully saturated rings. The summed E-state index contributed by atoms with van der Waals surface area (Å²) in [6.45, 7) is 0. The van der Waals surface area contributed by atoms with Gasteiger partial charge in [-0.2, -0.15) is 0 Å². The van der Waals surface area contributed by atoms with Crippen LogP contribution in [0.4, 0.5) is 0 Å². The molecule has 0 radical (unpaired) electrons. The monoisotopic (exact) mass is 242 g/mol. The van der Waals surface area contributed by atoms with Crippen LogP contribution in [0.1, 0.15) is 24.8 Å². The maximum absolute atomic E-state index is 10.4. The number of hydrogen-bond acceptors (Lipinski definition) is 1. The Morgan fingerprint density at radius 3 is 2.73 bits per heavy atom. The Labute approximate surface area is 99.3 Å². The van der Waals surface area contributed by atoms with Gasteiger partial charge < -0.3 is 5.11 Å². The van der Waals surface area contributed by atoms with E-state index in [1.54, 1.807) is 6.07 Å². The average Bonchev–Trinajstić information content (AvgIpc) is 2.23. The van der Waals surface area contributed by atoms with E-state index < -0.39 is 5.60 Å². The molecule has 1 aliphatic rings. The summed E-state index contributed by atoms with van der Waals surface area (Å²) in [7, 11) is 0. The fraction of sp³-hybridized carbons (Fsp3) is 0.333. The highest BCUT2D eigenvalue weighted by Crippen LogP contribution is 2.38. The molecule has 0 aliphatic heterocycles. The minimum atomic E-state index is -0.944. The summed E-state index contributed by atoms with van der Waals surface area (Å²) in [5, 5.41) is 11.4. The zero-order chi connectivity index (χ0) is 10.9. The van der Waals surface area contributed by atoms with Crippen molar-refractivity contribution in [3.05, 3.63) is 46.0 Å². The van der Waals surface area contributed by atoms with E-state index in [1.807, 2.05) is 24.3 Å². The summed E-state index contributed by atoms with van der Waals surface area (Å²) in [6, 6.07) is 5.36. The minimum absolute atomic E-state index is 0.452. The molecular weight excluding hydrogens is 231 g/mol. The van der Waals surface area contributed by atoms with Gasteiger partial charge in [0.2, 0.25) is 0 Å². The standard InChI is InChI=1S/C12H12Cl2O/c13-10-6-4-5-9(11(10)14)12(15)7-2-1-3-8-12/h2,4-7,15H,1,3,8H2. The van der Waals surface area contributed by atoms with Crippen LogP contribution in [0, 0.1) is 0 Å². The molecule has 1 N–H and O–H groups in total. The number of aliphatic hydroxyl groups is 1. The lowest BCUT2D eigenvalue weighted by atomic mass is 9.85. The molecule has 1 unspecified atom stereocenters. The van der Waals surface area contributed by atoms with Gasteiger partial charge in [-0.3, -0.25) is 0 Å². The van der Waals surface area contributed by atoms with Crippen LogP contribution in [0.5, 0.6) is 0 Å². The first-order chi connectivity index (χ1) is 7.13. The lowest BCUT2D eigenvalue weighted by Crippen LogP contribution is -2.25. The zero-order valence-corrected chi connectivity index (χ0v) is 9.72. The van der Waals surface area contributed by atoms with Gasteiger partial charge in [0.05, 0.1) is 10.0 Å². The van der Waals surface area contributed by atoms with Crippen molar-refractivity contribution in [1.29, 1.82) is 0 Å². The molecule has 1 atom stereocenters. The van der Waals surface area contributed by atoms with Crippen LogP contribution in [0.25, 0.3) is 0 Å². The second kappa shape index (κ2) is 4.17. The number of hydrogen-bond donors (Lipinski definition) is 1. The van der Waals surface area contributed by atoms with E-state index in [1.165, 1.54) is 0 Å². The zero-order valence-electron chi connectivity index (χ0n) is 8.21. The van der Waals surface area contributed by atoms with Gasteiger partial charge in [-0.1, -0.05) is 47.5 Å². The highest BCUT2D eigenvalue weighted by molar-refractivity contribution is 6.42. The fourth-order valence-corrected chi connectivity index (χ4v) is 2.38. The van der Waals surface area contributed by atoms with Crippen molar-refractivity contribution in [2.45, 2.75) is 24.9 Å². The summed E-state index contributed by atoms with van der Waals surface area (Å²) in [6.07, 6.45) is 6.48. The molecule has 0 bridgehead atoms. The van der Waals surface area contributed by atoms with Crippen molar-refractivity contribution in [2.75, 3.05) is 0 Å². The van der Waals surface area contributed by atoms with E-state index >= 15 is 0 Å². The minimum Gasteiger partial charge on any atom is -0.381 e. The maximum atomic E-state index is 10.4. The Kier molecular flexibility index (Phi) is 3.06. The molecule has 0 heterocycles. The third-order valence-corrected chi connectivity index (χ3v) is 3.56. The Hall–Kier alpha value is -0.500.